The van der Waals surface area contributed by atoms with Crippen LogP contribution >= 0.6 is 0 Å². The highest BCUT2D eigenvalue weighted by Crippen LogP contribution is 2.27. The first-order valence-corrected chi connectivity index (χ1v) is 9.91. The minimum absolute atomic E-state index is 0.396. The van der Waals surface area contributed by atoms with Crippen LogP contribution < -0.4 is 10.6 Å². The normalized spacial score (nSPS) is 11.2. The molecule has 0 saturated heterocycles. The summed E-state index contributed by atoms with van der Waals surface area (Å²) in [7, 11) is 0. The summed E-state index contributed by atoms with van der Waals surface area (Å²) in [4.78, 5) is 20.1. The molecule has 0 bridgehead atoms. The highest BCUT2D eigenvalue weighted by Gasteiger charge is 2.12. The van der Waals surface area contributed by atoms with Gasteiger partial charge in [0.25, 0.3) is 0 Å². The van der Waals surface area contributed by atoms with Gasteiger partial charge in [-0.25, -0.2) is 14.2 Å². The first-order chi connectivity index (χ1) is 15.1. The number of H-pyrrole nitrogens is 1. The Morgan fingerprint density at radius 2 is 1.94 bits per heavy atom. The second-order valence-electron chi connectivity index (χ2n) is 7.43. The zero-order chi connectivity index (χ0) is 21.4. The second-order valence-corrected chi connectivity index (χ2v) is 7.43. The number of pyridine rings is 1. The van der Waals surface area contributed by atoms with Gasteiger partial charge in [0, 0.05) is 41.6 Å². The fourth-order valence-electron chi connectivity index (χ4n) is 3.80. The van der Waals surface area contributed by atoms with Crippen molar-refractivity contribution in [3.8, 4) is 0 Å². The SMILES string of the molecule is Cc1ccc(F)cc1NC(=O)Nc1cccc2c1ccn2Cc1c[nH]c2ncccc12. The van der Waals surface area contributed by atoms with Gasteiger partial charge in [0.2, 0.25) is 0 Å². The molecule has 0 unspecified atom stereocenters. The minimum Gasteiger partial charge on any atom is -0.346 e. The summed E-state index contributed by atoms with van der Waals surface area (Å²) >= 11 is 0. The number of urea groups is 1. The van der Waals surface area contributed by atoms with E-state index in [0.29, 0.717) is 17.9 Å². The number of hydrogen-bond donors (Lipinski definition) is 3. The van der Waals surface area contributed by atoms with Gasteiger partial charge in [-0.2, -0.15) is 0 Å². The molecule has 2 amide bonds. The lowest BCUT2D eigenvalue weighted by Gasteiger charge is -2.11. The van der Waals surface area contributed by atoms with Crippen molar-refractivity contribution >= 4 is 39.3 Å². The monoisotopic (exact) mass is 413 g/mol. The van der Waals surface area contributed by atoms with Gasteiger partial charge in [-0.05, 0) is 60.5 Å². The van der Waals surface area contributed by atoms with Gasteiger partial charge in [-0.1, -0.05) is 12.1 Å². The third-order valence-electron chi connectivity index (χ3n) is 5.39. The van der Waals surface area contributed by atoms with E-state index >= 15 is 0 Å². The summed E-state index contributed by atoms with van der Waals surface area (Å²) < 4.78 is 15.6. The summed E-state index contributed by atoms with van der Waals surface area (Å²) in [5, 5.41) is 7.61. The van der Waals surface area contributed by atoms with Crippen LogP contribution in [0, 0.1) is 12.7 Å². The Bertz CT molecular complexity index is 1420. The van der Waals surface area contributed by atoms with Crippen LogP contribution in [-0.4, -0.2) is 20.6 Å². The average molecular weight is 413 g/mol. The van der Waals surface area contributed by atoms with Crippen LogP contribution in [0.2, 0.25) is 0 Å². The van der Waals surface area contributed by atoms with E-state index in [-0.39, 0.29) is 0 Å². The number of aromatic amines is 1. The molecule has 6 nitrogen and oxygen atoms in total. The standard InChI is InChI=1S/C24H20FN5O/c1-15-7-8-17(25)12-21(15)29-24(31)28-20-5-2-6-22-19(20)9-11-30(22)14-16-13-27-23-18(16)4-3-10-26-23/h2-13H,14H2,1H3,(H,26,27)(H2,28,29,31). The third-order valence-corrected chi connectivity index (χ3v) is 5.39. The Balaban J connectivity index is 1.40. The van der Waals surface area contributed by atoms with Crippen LogP contribution in [0.4, 0.5) is 20.6 Å². The number of nitrogens with one attached hydrogen (secondary N) is 3. The van der Waals surface area contributed by atoms with Crippen LogP contribution in [0.5, 0.6) is 0 Å². The quantitative estimate of drug-likeness (QED) is 0.356. The molecule has 0 fully saturated rings. The fourth-order valence-corrected chi connectivity index (χ4v) is 3.80. The molecule has 3 heterocycles. The molecule has 0 aliphatic heterocycles. The zero-order valence-electron chi connectivity index (χ0n) is 16.8. The molecule has 154 valence electrons. The van der Waals surface area contributed by atoms with Crippen LogP contribution in [0.3, 0.4) is 0 Å². The molecule has 0 aliphatic rings. The number of aryl methyl sites for hydroxylation is 1. The highest BCUT2D eigenvalue weighted by atomic mass is 19.1. The van der Waals surface area contributed by atoms with Crippen LogP contribution in [0.1, 0.15) is 11.1 Å². The molecule has 0 spiro atoms. The Kier molecular flexibility index (Phi) is 4.63. The lowest BCUT2D eigenvalue weighted by atomic mass is 10.2. The van der Waals surface area contributed by atoms with Crippen LogP contribution in [0.25, 0.3) is 21.9 Å². The Hall–Kier alpha value is -4.13. The Morgan fingerprint density at radius 1 is 1.06 bits per heavy atom. The predicted octanol–water partition coefficient (Wildman–Crippen LogP) is 5.66. The molecule has 0 aliphatic carbocycles. The van der Waals surface area contributed by atoms with E-state index in [1.165, 1.54) is 12.1 Å². The molecule has 2 aromatic carbocycles. The van der Waals surface area contributed by atoms with Crippen molar-refractivity contribution in [2.24, 2.45) is 0 Å². The van der Waals surface area contributed by atoms with Gasteiger partial charge in [-0.3, -0.25) is 0 Å². The molecular weight excluding hydrogens is 393 g/mol. The number of halogens is 1. The number of nitrogens with zero attached hydrogens (tertiary/aromatic N) is 2. The van der Waals surface area contributed by atoms with E-state index in [0.717, 1.165) is 33.1 Å². The van der Waals surface area contributed by atoms with Crippen molar-refractivity contribution < 1.29 is 9.18 Å². The summed E-state index contributed by atoms with van der Waals surface area (Å²) in [6.45, 7) is 2.49. The van der Waals surface area contributed by atoms with E-state index in [1.807, 2.05) is 55.7 Å². The molecule has 5 aromatic rings. The maximum Gasteiger partial charge on any atom is 0.323 e. The molecule has 31 heavy (non-hydrogen) atoms. The van der Waals surface area contributed by atoms with Gasteiger partial charge in [-0.15, -0.1) is 0 Å². The van der Waals surface area contributed by atoms with E-state index in [4.69, 9.17) is 0 Å². The maximum atomic E-state index is 13.5. The fraction of sp³-hybridized carbons (Fsp3) is 0.0833. The molecule has 0 saturated carbocycles. The number of carbonyl (C=O) groups is 1. The largest absolute Gasteiger partial charge is 0.346 e. The van der Waals surface area contributed by atoms with E-state index < -0.39 is 11.8 Å². The average Bonchev–Trinajstić information content (AvgIpc) is 3.36. The van der Waals surface area contributed by atoms with E-state index in [2.05, 4.69) is 25.2 Å². The molecule has 3 aromatic heterocycles. The first kappa shape index (κ1) is 18.9. The van der Waals surface area contributed by atoms with E-state index in [1.54, 1.807) is 12.3 Å². The Morgan fingerprint density at radius 3 is 2.84 bits per heavy atom. The molecule has 7 heteroatoms. The van der Waals surface area contributed by atoms with Crippen molar-refractivity contribution in [2.75, 3.05) is 10.6 Å². The van der Waals surface area contributed by atoms with Crippen LogP contribution in [0.15, 0.2) is 73.2 Å². The van der Waals surface area contributed by atoms with Gasteiger partial charge in [0.15, 0.2) is 0 Å². The number of fused-ring (bicyclic) bond motifs is 2. The topological polar surface area (TPSA) is 74.7 Å². The van der Waals surface area contributed by atoms with Crippen molar-refractivity contribution in [3.05, 3.63) is 90.1 Å². The molecule has 3 N–H and O–H groups in total. The van der Waals surface area contributed by atoms with Gasteiger partial charge in [0.05, 0.1) is 11.2 Å². The van der Waals surface area contributed by atoms with Crippen molar-refractivity contribution in [2.45, 2.75) is 13.5 Å². The number of amides is 2. The van der Waals surface area contributed by atoms with Crippen LogP contribution in [-0.2, 0) is 6.54 Å². The van der Waals surface area contributed by atoms with E-state index in [9.17, 15) is 9.18 Å². The first-order valence-electron chi connectivity index (χ1n) is 9.91. The highest BCUT2D eigenvalue weighted by molar-refractivity contribution is 6.06. The molecule has 0 atom stereocenters. The number of benzene rings is 2. The number of carbonyl (C=O) groups excluding carboxylic acids is 1. The van der Waals surface area contributed by atoms with Crippen molar-refractivity contribution in [1.29, 1.82) is 0 Å². The zero-order valence-corrected chi connectivity index (χ0v) is 16.8. The molecular formula is C24H20FN5O. The summed E-state index contributed by atoms with van der Waals surface area (Å²) in [5.74, 6) is -0.396. The molecule has 5 rings (SSSR count). The predicted molar refractivity (Wildman–Crippen MR) is 121 cm³/mol. The van der Waals surface area contributed by atoms with Gasteiger partial charge >= 0.3 is 6.03 Å². The number of rotatable bonds is 4. The molecule has 0 radical (unpaired) electrons. The summed E-state index contributed by atoms with van der Waals surface area (Å²) in [5.41, 5.74) is 4.91. The number of aromatic nitrogens is 3. The van der Waals surface area contributed by atoms with Gasteiger partial charge < -0.3 is 20.2 Å². The Labute approximate surface area is 177 Å². The van der Waals surface area contributed by atoms with Gasteiger partial charge in [0.1, 0.15) is 11.5 Å². The summed E-state index contributed by atoms with van der Waals surface area (Å²) in [6, 6.07) is 15.6. The second kappa shape index (κ2) is 7.60. The summed E-state index contributed by atoms with van der Waals surface area (Å²) in [6.07, 6.45) is 5.74. The third kappa shape index (κ3) is 3.61. The number of anilines is 2. The lowest BCUT2D eigenvalue weighted by molar-refractivity contribution is 0.262. The lowest BCUT2D eigenvalue weighted by Crippen LogP contribution is -2.20. The minimum atomic E-state index is -0.420. The maximum absolute atomic E-state index is 13.5. The van der Waals surface area contributed by atoms with Crippen molar-refractivity contribution in [3.63, 3.8) is 0 Å². The van der Waals surface area contributed by atoms with Crippen molar-refractivity contribution in [1.82, 2.24) is 14.5 Å². The number of hydrogen-bond acceptors (Lipinski definition) is 2. The smallest absolute Gasteiger partial charge is 0.323 e.